The van der Waals surface area contributed by atoms with E-state index in [1.807, 2.05) is 12.1 Å². The van der Waals surface area contributed by atoms with Gasteiger partial charge in [0.25, 0.3) is 0 Å². The van der Waals surface area contributed by atoms with Crippen molar-refractivity contribution in [3.63, 3.8) is 0 Å². The van der Waals surface area contributed by atoms with Crippen molar-refractivity contribution in [3.8, 4) is 0 Å². The molecular weight excluding hydrogens is 304 g/mol. The minimum atomic E-state index is 0.168. The second kappa shape index (κ2) is 8.16. The van der Waals surface area contributed by atoms with Gasteiger partial charge in [-0.3, -0.25) is 4.79 Å². The Balaban J connectivity index is 1.65. The standard InChI is InChI=1S/C16H25ClN2OS/c1-12(2)11-19-9-7-13(8-10-19)18-16(20)6-4-14-3-5-15(17)21-14/h3,5,12-13H,4,6-11H2,1-2H3,(H,18,20). The van der Waals surface area contributed by atoms with E-state index >= 15 is 0 Å². The van der Waals surface area contributed by atoms with E-state index in [9.17, 15) is 4.79 Å². The van der Waals surface area contributed by atoms with E-state index < -0.39 is 0 Å². The molecule has 0 bridgehead atoms. The number of carbonyl (C=O) groups excluding carboxylic acids is 1. The fourth-order valence-corrected chi connectivity index (χ4v) is 3.89. The van der Waals surface area contributed by atoms with Crippen LogP contribution in [0, 0.1) is 5.92 Å². The van der Waals surface area contributed by atoms with Gasteiger partial charge in [-0.15, -0.1) is 11.3 Å². The first-order valence-electron chi connectivity index (χ1n) is 7.79. The number of likely N-dealkylation sites (tertiary alicyclic amines) is 1. The summed E-state index contributed by atoms with van der Waals surface area (Å²) in [6.07, 6.45) is 3.49. The Hall–Kier alpha value is -0.580. The Morgan fingerprint density at radius 3 is 2.71 bits per heavy atom. The minimum Gasteiger partial charge on any atom is -0.353 e. The van der Waals surface area contributed by atoms with Gasteiger partial charge in [0.1, 0.15) is 0 Å². The minimum absolute atomic E-state index is 0.168. The van der Waals surface area contributed by atoms with E-state index in [4.69, 9.17) is 11.6 Å². The molecule has 1 aliphatic heterocycles. The van der Waals surface area contributed by atoms with Crippen molar-refractivity contribution in [2.75, 3.05) is 19.6 Å². The zero-order chi connectivity index (χ0) is 15.2. The molecule has 21 heavy (non-hydrogen) atoms. The van der Waals surface area contributed by atoms with Gasteiger partial charge in [-0.25, -0.2) is 0 Å². The van der Waals surface area contributed by atoms with E-state index in [2.05, 4.69) is 24.1 Å². The molecule has 2 rings (SSSR count). The van der Waals surface area contributed by atoms with Crippen LogP contribution in [0.15, 0.2) is 12.1 Å². The summed E-state index contributed by atoms with van der Waals surface area (Å²) in [5.74, 6) is 0.885. The summed E-state index contributed by atoms with van der Waals surface area (Å²) in [4.78, 5) is 15.7. The zero-order valence-corrected chi connectivity index (χ0v) is 14.5. The number of aryl methyl sites for hydroxylation is 1. The maximum Gasteiger partial charge on any atom is 0.220 e. The zero-order valence-electron chi connectivity index (χ0n) is 12.9. The molecule has 2 heterocycles. The van der Waals surface area contributed by atoms with E-state index in [1.165, 1.54) is 11.4 Å². The van der Waals surface area contributed by atoms with Crippen LogP contribution in [-0.2, 0) is 11.2 Å². The normalized spacial score (nSPS) is 17.3. The molecule has 0 unspecified atom stereocenters. The molecular formula is C16H25ClN2OS. The summed E-state index contributed by atoms with van der Waals surface area (Å²) in [6, 6.07) is 4.25. The highest BCUT2D eigenvalue weighted by molar-refractivity contribution is 7.16. The number of halogens is 1. The first-order chi connectivity index (χ1) is 10.0. The van der Waals surface area contributed by atoms with Gasteiger partial charge in [0.15, 0.2) is 0 Å². The molecule has 0 spiro atoms. The molecule has 0 saturated carbocycles. The van der Waals surface area contributed by atoms with Gasteiger partial charge in [-0.1, -0.05) is 25.4 Å². The summed E-state index contributed by atoms with van der Waals surface area (Å²) in [5.41, 5.74) is 0. The fraction of sp³-hybridized carbons (Fsp3) is 0.688. The van der Waals surface area contributed by atoms with Gasteiger partial charge < -0.3 is 10.2 Å². The van der Waals surface area contributed by atoms with Gasteiger partial charge in [-0.2, -0.15) is 0 Å². The molecule has 0 radical (unpaired) electrons. The Morgan fingerprint density at radius 1 is 1.43 bits per heavy atom. The summed E-state index contributed by atoms with van der Waals surface area (Å²) in [6.45, 7) is 7.88. The second-order valence-corrected chi connectivity index (χ2v) is 8.04. The third-order valence-corrected chi connectivity index (χ3v) is 5.09. The Bertz CT molecular complexity index is 453. The molecule has 0 aromatic carbocycles. The number of hydrogen-bond acceptors (Lipinski definition) is 3. The maximum absolute atomic E-state index is 12.0. The average molecular weight is 329 g/mol. The molecule has 1 fully saturated rings. The number of nitrogens with zero attached hydrogens (tertiary/aromatic N) is 1. The van der Waals surface area contributed by atoms with E-state index in [1.54, 1.807) is 11.3 Å². The van der Waals surface area contributed by atoms with Crippen molar-refractivity contribution in [2.45, 2.75) is 45.6 Å². The van der Waals surface area contributed by atoms with Crippen LogP contribution in [0.25, 0.3) is 0 Å². The predicted molar refractivity (Wildman–Crippen MR) is 90.1 cm³/mol. The summed E-state index contributed by atoms with van der Waals surface area (Å²) in [7, 11) is 0. The number of rotatable bonds is 6. The second-order valence-electron chi connectivity index (χ2n) is 6.24. The SMILES string of the molecule is CC(C)CN1CCC(NC(=O)CCc2ccc(Cl)s2)CC1. The van der Waals surface area contributed by atoms with Gasteiger partial charge in [0.2, 0.25) is 5.91 Å². The molecule has 5 heteroatoms. The molecule has 3 nitrogen and oxygen atoms in total. The van der Waals surface area contributed by atoms with E-state index in [0.29, 0.717) is 18.4 Å². The van der Waals surface area contributed by atoms with Crippen LogP contribution in [0.5, 0.6) is 0 Å². The smallest absolute Gasteiger partial charge is 0.220 e. The van der Waals surface area contributed by atoms with Crippen molar-refractivity contribution in [1.29, 1.82) is 0 Å². The monoisotopic (exact) mass is 328 g/mol. The number of piperidine rings is 1. The molecule has 1 amide bonds. The number of thiophene rings is 1. The van der Waals surface area contributed by atoms with Crippen LogP contribution in [0.1, 0.15) is 38.0 Å². The fourth-order valence-electron chi connectivity index (χ4n) is 2.80. The van der Waals surface area contributed by atoms with Crippen molar-refractivity contribution < 1.29 is 4.79 Å². The van der Waals surface area contributed by atoms with E-state index in [0.717, 1.165) is 36.7 Å². The lowest BCUT2D eigenvalue weighted by Gasteiger charge is -2.33. The van der Waals surface area contributed by atoms with E-state index in [-0.39, 0.29) is 5.91 Å². The highest BCUT2D eigenvalue weighted by Crippen LogP contribution is 2.22. The predicted octanol–water partition coefficient (Wildman–Crippen LogP) is 3.57. The number of nitrogens with one attached hydrogen (secondary N) is 1. The van der Waals surface area contributed by atoms with Crippen LogP contribution in [0.2, 0.25) is 4.34 Å². The molecule has 1 aromatic rings. The first kappa shape index (κ1) is 16.8. The topological polar surface area (TPSA) is 32.3 Å². The third kappa shape index (κ3) is 5.97. The van der Waals surface area contributed by atoms with Crippen molar-refractivity contribution in [2.24, 2.45) is 5.92 Å². The maximum atomic E-state index is 12.0. The molecule has 0 atom stereocenters. The molecule has 1 saturated heterocycles. The Morgan fingerprint density at radius 2 is 2.14 bits per heavy atom. The molecule has 1 aliphatic rings. The lowest BCUT2D eigenvalue weighted by molar-refractivity contribution is -0.122. The number of hydrogen-bond donors (Lipinski definition) is 1. The number of amides is 1. The van der Waals surface area contributed by atoms with Crippen LogP contribution in [0.4, 0.5) is 0 Å². The Kier molecular flexibility index (Phi) is 6.52. The van der Waals surface area contributed by atoms with Crippen LogP contribution < -0.4 is 5.32 Å². The van der Waals surface area contributed by atoms with Crippen LogP contribution in [0.3, 0.4) is 0 Å². The van der Waals surface area contributed by atoms with Gasteiger partial charge >= 0.3 is 0 Å². The Labute approximate surface area is 136 Å². The number of carbonyl (C=O) groups is 1. The van der Waals surface area contributed by atoms with Gasteiger partial charge in [-0.05, 0) is 37.3 Å². The molecule has 118 valence electrons. The van der Waals surface area contributed by atoms with Crippen LogP contribution >= 0.6 is 22.9 Å². The summed E-state index contributed by atoms with van der Waals surface area (Å²) < 4.78 is 0.794. The average Bonchev–Trinajstić information content (AvgIpc) is 2.84. The molecule has 1 aromatic heterocycles. The lowest BCUT2D eigenvalue weighted by atomic mass is 10.0. The van der Waals surface area contributed by atoms with Crippen LogP contribution in [-0.4, -0.2) is 36.5 Å². The summed E-state index contributed by atoms with van der Waals surface area (Å²) >= 11 is 7.45. The summed E-state index contributed by atoms with van der Waals surface area (Å²) in [5, 5.41) is 3.18. The highest BCUT2D eigenvalue weighted by atomic mass is 35.5. The third-order valence-electron chi connectivity index (χ3n) is 3.80. The molecule has 1 N–H and O–H groups in total. The van der Waals surface area contributed by atoms with Gasteiger partial charge in [0, 0.05) is 37.0 Å². The largest absolute Gasteiger partial charge is 0.353 e. The van der Waals surface area contributed by atoms with Crippen molar-refractivity contribution in [1.82, 2.24) is 10.2 Å². The van der Waals surface area contributed by atoms with Gasteiger partial charge in [0.05, 0.1) is 4.34 Å². The van der Waals surface area contributed by atoms with Crippen molar-refractivity contribution in [3.05, 3.63) is 21.3 Å². The first-order valence-corrected chi connectivity index (χ1v) is 8.98. The highest BCUT2D eigenvalue weighted by Gasteiger charge is 2.20. The molecule has 0 aliphatic carbocycles. The van der Waals surface area contributed by atoms with Crippen molar-refractivity contribution >= 4 is 28.8 Å². The lowest BCUT2D eigenvalue weighted by Crippen LogP contribution is -2.45. The quantitative estimate of drug-likeness (QED) is 0.865.